The van der Waals surface area contributed by atoms with Crippen LogP contribution in [0.4, 0.5) is 13.2 Å². The van der Waals surface area contributed by atoms with Crippen molar-refractivity contribution >= 4 is 23.1 Å². The van der Waals surface area contributed by atoms with Crippen molar-refractivity contribution in [1.29, 1.82) is 0 Å². The summed E-state index contributed by atoms with van der Waals surface area (Å²) in [4.78, 5) is 6.80. The van der Waals surface area contributed by atoms with E-state index in [9.17, 15) is 13.2 Å². The second-order valence-corrected chi connectivity index (χ2v) is 9.12. The Hall–Kier alpha value is -2.72. The first-order chi connectivity index (χ1) is 14.8. The van der Waals surface area contributed by atoms with Crippen LogP contribution in [0.15, 0.2) is 47.4 Å². The Morgan fingerprint density at radius 1 is 1.06 bits per heavy atom. The van der Waals surface area contributed by atoms with Gasteiger partial charge in [0.15, 0.2) is 5.82 Å². The third-order valence-electron chi connectivity index (χ3n) is 4.77. The molecular weight excluding hydrogens is 443 g/mol. The van der Waals surface area contributed by atoms with Crippen LogP contribution in [-0.4, -0.2) is 25.6 Å². The predicted molar refractivity (Wildman–Crippen MR) is 115 cm³/mol. The normalized spacial score (nSPS) is 11.8. The summed E-state index contributed by atoms with van der Waals surface area (Å²) in [5, 5.41) is 14.8. The van der Waals surface area contributed by atoms with Gasteiger partial charge in [-0.2, -0.15) is 18.4 Å². The average Bonchev–Trinajstić information content (AvgIpc) is 3.37. The molecular formula is C21H18F3N5S2. The van der Waals surface area contributed by atoms with E-state index in [2.05, 4.69) is 50.7 Å². The molecule has 4 aromatic rings. The van der Waals surface area contributed by atoms with Crippen LogP contribution in [0.25, 0.3) is 10.6 Å². The van der Waals surface area contributed by atoms with Gasteiger partial charge in [0, 0.05) is 27.5 Å². The van der Waals surface area contributed by atoms with Crippen molar-refractivity contribution in [2.45, 2.75) is 37.1 Å². The summed E-state index contributed by atoms with van der Waals surface area (Å²) >= 11 is 3.22. The number of alkyl halides is 3. The molecule has 0 amide bonds. The molecule has 2 heterocycles. The minimum atomic E-state index is -4.33. The van der Waals surface area contributed by atoms with Gasteiger partial charge >= 0.3 is 6.18 Å². The Balaban J connectivity index is 1.43. The molecule has 31 heavy (non-hydrogen) atoms. The fraction of sp³-hybridized carbons (Fsp3) is 0.238. The first-order valence-corrected chi connectivity index (χ1v) is 11.2. The van der Waals surface area contributed by atoms with E-state index in [-0.39, 0.29) is 0 Å². The number of benzene rings is 2. The number of thiazole rings is 1. The highest BCUT2D eigenvalue weighted by atomic mass is 32.2. The second-order valence-electron chi connectivity index (χ2n) is 6.98. The van der Waals surface area contributed by atoms with Gasteiger partial charge in [-0.25, -0.2) is 4.98 Å². The summed E-state index contributed by atoms with van der Waals surface area (Å²) < 4.78 is 38.3. The molecule has 160 valence electrons. The molecule has 1 N–H and O–H groups in total. The number of nitrogens with one attached hydrogen (secondary N) is 1. The van der Waals surface area contributed by atoms with Gasteiger partial charge in [0.1, 0.15) is 5.01 Å². The maximum Gasteiger partial charge on any atom is 0.416 e. The van der Waals surface area contributed by atoms with Gasteiger partial charge in [0.2, 0.25) is 0 Å². The molecule has 2 aromatic heterocycles. The molecule has 2 aromatic carbocycles. The molecule has 0 spiro atoms. The zero-order chi connectivity index (χ0) is 22.0. The number of aromatic nitrogens is 5. The van der Waals surface area contributed by atoms with E-state index in [0.29, 0.717) is 17.8 Å². The summed E-state index contributed by atoms with van der Waals surface area (Å²) in [5.41, 5.74) is 3.24. The fourth-order valence-corrected chi connectivity index (χ4v) is 5.23. The third kappa shape index (κ3) is 5.13. The Morgan fingerprint density at radius 3 is 2.48 bits per heavy atom. The number of rotatable bonds is 6. The van der Waals surface area contributed by atoms with Crippen LogP contribution < -0.4 is 0 Å². The Labute approximate surface area is 185 Å². The lowest BCUT2D eigenvalue weighted by Gasteiger charge is -2.07. The van der Waals surface area contributed by atoms with Crippen molar-refractivity contribution in [2.24, 2.45) is 0 Å². The molecule has 0 radical (unpaired) electrons. The number of nitrogens with zero attached hydrogens (tertiary/aromatic N) is 4. The molecule has 0 atom stereocenters. The largest absolute Gasteiger partial charge is 0.416 e. The molecule has 5 nitrogen and oxygen atoms in total. The summed E-state index contributed by atoms with van der Waals surface area (Å²) in [7, 11) is 0. The maximum absolute atomic E-state index is 12.8. The topological polar surface area (TPSA) is 67.3 Å². The first-order valence-electron chi connectivity index (χ1n) is 9.38. The Kier molecular flexibility index (Phi) is 6.10. The van der Waals surface area contributed by atoms with E-state index >= 15 is 0 Å². The number of hydrogen-bond donors (Lipinski definition) is 1. The van der Waals surface area contributed by atoms with E-state index in [1.807, 2.05) is 6.92 Å². The van der Waals surface area contributed by atoms with Crippen LogP contribution in [-0.2, 0) is 18.3 Å². The second kappa shape index (κ2) is 8.80. The van der Waals surface area contributed by atoms with Crippen molar-refractivity contribution in [3.63, 3.8) is 0 Å². The Morgan fingerprint density at radius 2 is 1.84 bits per heavy atom. The van der Waals surface area contributed by atoms with Crippen LogP contribution in [0, 0.1) is 13.8 Å². The van der Waals surface area contributed by atoms with Gasteiger partial charge in [-0.1, -0.05) is 23.4 Å². The molecule has 4 rings (SSSR count). The van der Waals surface area contributed by atoms with E-state index in [0.717, 1.165) is 49.5 Å². The number of H-pyrrole nitrogens is 1. The van der Waals surface area contributed by atoms with Crippen LogP contribution in [0.2, 0.25) is 0 Å². The summed E-state index contributed by atoms with van der Waals surface area (Å²) in [6.07, 6.45) is -3.71. The summed E-state index contributed by atoms with van der Waals surface area (Å²) in [6.45, 7) is 3.99. The van der Waals surface area contributed by atoms with Gasteiger partial charge in [0.25, 0.3) is 0 Å². The van der Waals surface area contributed by atoms with Crippen LogP contribution >= 0.6 is 23.1 Å². The average molecular weight is 462 g/mol. The minimum Gasteiger partial charge on any atom is -0.241 e. The zero-order valence-electron chi connectivity index (χ0n) is 16.7. The summed E-state index contributed by atoms with van der Waals surface area (Å²) in [6, 6.07) is 11.4. The maximum atomic E-state index is 12.8. The number of aromatic amines is 1. The highest BCUT2D eigenvalue weighted by Crippen LogP contribution is 2.35. The molecule has 0 aliphatic carbocycles. The van der Waals surface area contributed by atoms with Crippen molar-refractivity contribution in [3.05, 3.63) is 75.6 Å². The molecule has 0 aliphatic heterocycles. The highest BCUT2D eigenvalue weighted by Gasteiger charge is 2.30. The van der Waals surface area contributed by atoms with E-state index in [1.165, 1.54) is 23.5 Å². The highest BCUT2D eigenvalue weighted by molar-refractivity contribution is 7.98. The van der Waals surface area contributed by atoms with Crippen LogP contribution in [0.3, 0.4) is 0 Å². The van der Waals surface area contributed by atoms with E-state index in [1.54, 1.807) is 11.8 Å². The molecule has 10 heteroatoms. The van der Waals surface area contributed by atoms with Crippen LogP contribution in [0.1, 0.15) is 33.1 Å². The lowest BCUT2D eigenvalue weighted by atomic mass is 10.1. The minimum absolute atomic E-state index is 0.623. The van der Waals surface area contributed by atoms with E-state index in [4.69, 9.17) is 0 Å². The molecule has 0 aliphatic rings. The number of halogens is 3. The summed E-state index contributed by atoms with van der Waals surface area (Å²) in [5.74, 6) is 1.40. The zero-order valence-corrected chi connectivity index (χ0v) is 18.3. The smallest absolute Gasteiger partial charge is 0.241 e. The number of hydrogen-bond acceptors (Lipinski definition) is 6. The monoisotopic (exact) mass is 461 g/mol. The van der Waals surface area contributed by atoms with Gasteiger partial charge in [-0.05, 0) is 49.2 Å². The van der Waals surface area contributed by atoms with Crippen molar-refractivity contribution in [2.75, 3.05) is 0 Å². The van der Waals surface area contributed by atoms with Gasteiger partial charge < -0.3 is 0 Å². The molecule has 0 saturated carbocycles. The van der Waals surface area contributed by atoms with Crippen molar-refractivity contribution < 1.29 is 13.2 Å². The number of aryl methyl sites for hydroxylation is 2. The van der Waals surface area contributed by atoms with Gasteiger partial charge in [-0.15, -0.1) is 33.3 Å². The van der Waals surface area contributed by atoms with Crippen molar-refractivity contribution in [1.82, 2.24) is 25.6 Å². The van der Waals surface area contributed by atoms with E-state index < -0.39 is 11.7 Å². The quantitative estimate of drug-likeness (QED) is 0.365. The van der Waals surface area contributed by atoms with Crippen molar-refractivity contribution in [3.8, 4) is 10.6 Å². The third-order valence-corrected chi connectivity index (χ3v) is 7.18. The van der Waals surface area contributed by atoms with Crippen LogP contribution in [0.5, 0.6) is 0 Å². The molecule has 0 unspecified atom stereocenters. The van der Waals surface area contributed by atoms with Gasteiger partial charge in [0.05, 0.1) is 11.3 Å². The predicted octanol–water partition coefficient (Wildman–Crippen LogP) is 5.84. The standard InChI is InChI=1S/C21H18F3N5S2/c1-12-9-17(8-5-15(12)10-19-26-28-29-27-19)30-11-18-13(2)25-20(31-18)14-3-6-16(7-4-14)21(22,23)24/h3-9H,10-11H2,1-2H3,(H,26,27,28,29). The SMILES string of the molecule is Cc1cc(SCc2sc(-c3ccc(C(F)(F)F)cc3)nc2C)ccc1Cc1nn[nH]n1. The lowest BCUT2D eigenvalue weighted by molar-refractivity contribution is -0.137. The first kappa shape index (κ1) is 21.5. The lowest BCUT2D eigenvalue weighted by Crippen LogP contribution is -2.03. The Bertz CT molecular complexity index is 1170. The fourth-order valence-electron chi connectivity index (χ4n) is 3.02. The molecule has 0 fully saturated rings. The molecule has 0 bridgehead atoms. The number of thioether (sulfide) groups is 1. The molecule has 0 saturated heterocycles. The number of tetrazole rings is 1. The van der Waals surface area contributed by atoms with Gasteiger partial charge in [-0.3, -0.25) is 0 Å².